The zero-order valence-corrected chi connectivity index (χ0v) is 11.8. The van der Waals surface area contributed by atoms with E-state index >= 15 is 0 Å². The highest BCUT2D eigenvalue weighted by Crippen LogP contribution is 2.21. The molecule has 5 nitrogen and oxygen atoms in total. The Kier molecular flexibility index (Phi) is 4.34. The molecule has 0 aliphatic heterocycles. The molecule has 2 heterocycles. The molecule has 1 atom stereocenters. The predicted molar refractivity (Wildman–Crippen MR) is 74.5 cm³/mol. The van der Waals surface area contributed by atoms with Crippen molar-refractivity contribution in [1.82, 2.24) is 15.1 Å². The Hall–Kier alpha value is -1.66. The maximum absolute atomic E-state index is 10.9. The molecular formula is C13H17N3O2S. The lowest BCUT2D eigenvalue weighted by Gasteiger charge is -2.13. The number of nitrogens with zero attached hydrogens (tertiary/aromatic N) is 2. The average Bonchev–Trinajstić information content (AvgIpc) is 2.96. The number of nitrogens with one attached hydrogen (secondary N) is 1. The van der Waals surface area contributed by atoms with Gasteiger partial charge in [0.25, 0.3) is 0 Å². The molecule has 0 bridgehead atoms. The molecule has 0 saturated heterocycles. The fraction of sp³-hybridized carbons (Fsp3) is 0.385. The lowest BCUT2D eigenvalue weighted by atomic mass is 10.2. The van der Waals surface area contributed by atoms with Crippen LogP contribution in [0.15, 0.2) is 24.5 Å². The second-order valence-electron chi connectivity index (χ2n) is 4.51. The molecule has 2 aromatic rings. The minimum atomic E-state index is -0.857. The summed E-state index contributed by atoms with van der Waals surface area (Å²) >= 11 is 1.32. The molecule has 0 spiro atoms. The summed E-state index contributed by atoms with van der Waals surface area (Å²) in [7, 11) is 0. The van der Waals surface area contributed by atoms with Gasteiger partial charge in [0.05, 0.1) is 6.54 Å². The predicted octanol–water partition coefficient (Wildman–Crippen LogP) is 2.13. The van der Waals surface area contributed by atoms with E-state index in [1.54, 1.807) is 12.3 Å². The summed E-state index contributed by atoms with van der Waals surface area (Å²) < 4.78 is 1.88. The van der Waals surface area contributed by atoms with E-state index in [2.05, 4.69) is 17.3 Å². The maximum atomic E-state index is 10.9. The zero-order chi connectivity index (χ0) is 13.8. The van der Waals surface area contributed by atoms with Gasteiger partial charge in [0.1, 0.15) is 4.88 Å². The third-order valence-corrected chi connectivity index (χ3v) is 3.97. The van der Waals surface area contributed by atoms with Crippen LogP contribution in [0.4, 0.5) is 0 Å². The summed E-state index contributed by atoms with van der Waals surface area (Å²) in [6.07, 6.45) is 3.69. The van der Waals surface area contributed by atoms with Gasteiger partial charge in [0.2, 0.25) is 0 Å². The van der Waals surface area contributed by atoms with E-state index in [1.165, 1.54) is 11.3 Å². The summed E-state index contributed by atoms with van der Waals surface area (Å²) in [5.41, 5.74) is 1.05. The van der Waals surface area contributed by atoms with E-state index in [1.807, 2.05) is 23.9 Å². The third-order valence-electron chi connectivity index (χ3n) is 2.89. The monoisotopic (exact) mass is 279 g/mol. The van der Waals surface area contributed by atoms with Gasteiger partial charge < -0.3 is 10.4 Å². The van der Waals surface area contributed by atoms with Gasteiger partial charge in [-0.1, -0.05) is 0 Å². The van der Waals surface area contributed by atoms with Gasteiger partial charge in [-0.2, -0.15) is 5.10 Å². The number of carbonyl (C=O) groups is 1. The molecule has 6 heteroatoms. The normalized spacial score (nSPS) is 12.5. The quantitative estimate of drug-likeness (QED) is 0.850. The topological polar surface area (TPSA) is 67.2 Å². The number of thiophene rings is 1. The number of rotatable bonds is 6. The number of aromatic carboxylic acids is 1. The van der Waals surface area contributed by atoms with Crippen molar-refractivity contribution < 1.29 is 9.90 Å². The van der Waals surface area contributed by atoms with Crippen molar-refractivity contribution in [3.8, 4) is 0 Å². The van der Waals surface area contributed by atoms with Crippen LogP contribution in [-0.2, 0) is 13.1 Å². The van der Waals surface area contributed by atoms with E-state index < -0.39 is 5.97 Å². The summed E-state index contributed by atoms with van der Waals surface area (Å²) in [5, 5.41) is 16.5. The Morgan fingerprint density at radius 1 is 1.63 bits per heavy atom. The minimum absolute atomic E-state index is 0.271. The Morgan fingerprint density at radius 2 is 2.42 bits per heavy atom. The van der Waals surface area contributed by atoms with Crippen LogP contribution >= 0.6 is 11.3 Å². The lowest BCUT2D eigenvalue weighted by Crippen LogP contribution is -2.30. The zero-order valence-electron chi connectivity index (χ0n) is 11.0. The summed E-state index contributed by atoms with van der Waals surface area (Å²) in [5.74, 6) is -0.857. The first kappa shape index (κ1) is 13.8. The molecule has 0 fully saturated rings. The molecule has 0 saturated carbocycles. The van der Waals surface area contributed by atoms with Crippen LogP contribution in [0.1, 0.15) is 27.0 Å². The van der Waals surface area contributed by atoms with Gasteiger partial charge in [0, 0.05) is 29.9 Å². The minimum Gasteiger partial charge on any atom is -0.477 e. The van der Waals surface area contributed by atoms with Crippen molar-refractivity contribution in [2.24, 2.45) is 0 Å². The number of carboxylic acid groups (broad SMARTS) is 1. The highest BCUT2D eigenvalue weighted by Gasteiger charge is 2.11. The number of aromatic nitrogens is 2. The van der Waals surface area contributed by atoms with Crippen molar-refractivity contribution >= 4 is 17.3 Å². The number of hydrogen-bond acceptors (Lipinski definition) is 4. The molecule has 0 aliphatic rings. The van der Waals surface area contributed by atoms with Crippen LogP contribution in [0.25, 0.3) is 0 Å². The number of hydrogen-bond donors (Lipinski definition) is 2. The summed E-state index contributed by atoms with van der Waals surface area (Å²) in [6, 6.07) is 3.91. The van der Waals surface area contributed by atoms with Crippen molar-refractivity contribution in [1.29, 1.82) is 0 Å². The fourth-order valence-electron chi connectivity index (χ4n) is 1.84. The van der Waals surface area contributed by atoms with Crippen LogP contribution in [0.2, 0.25) is 0 Å². The van der Waals surface area contributed by atoms with Crippen LogP contribution in [0, 0.1) is 6.92 Å². The molecule has 2 rings (SSSR count). The van der Waals surface area contributed by atoms with Gasteiger partial charge in [-0.25, -0.2) is 4.79 Å². The highest BCUT2D eigenvalue weighted by molar-refractivity contribution is 7.14. The van der Waals surface area contributed by atoms with Crippen LogP contribution < -0.4 is 5.32 Å². The van der Waals surface area contributed by atoms with E-state index in [4.69, 9.17) is 5.11 Å². The largest absolute Gasteiger partial charge is 0.477 e. The van der Waals surface area contributed by atoms with Crippen LogP contribution in [-0.4, -0.2) is 26.9 Å². The van der Waals surface area contributed by atoms with Gasteiger partial charge >= 0.3 is 5.97 Å². The first-order valence-corrected chi connectivity index (χ1v) is 6.91. The van der Waals surface area contributed by atoms with Crippen molar-refractivity contribution in [3.05, 3.63) is 39.8 Å². The fourth-order valence-corrected chi connectivity index (χ4v) is 2.72. The standard InChI is InChI=1S/C13H17N3O2S/c1-9(8-16-5-3-4-15-16)14-7-11-6-12(13(17)18)19-10(11)2/h3-6,9,14H,7-8H2,1-2H3,(H,17,18). The van der Waals surface area contributed by atoms with Gasteiger partial charge in [-0.05, 0) is 31.5 Å². The first-order chi connectivity index (χ1) is 9.06. The average molecular weight is 279 g/mol. The lowest BCUT2D eigenvalue weighted by molar-refractivity contribution is 0.0702. The molecule has 0 aromatic carbocycles. The Labute approximate surface area is 115 Å². The van der Waals surface area contributed by atoms with E-state index in [9.17, 15) is 4.79 Å². The van der Waals surface area contributed by atoms with Crippen LogP contribution in [0.3, 0.4) is 0 Å². The van der Waals surface area contributed by atoms with Gasteiger partial charge in [-0.15, -0.1) is 11.3 Å². The Balaban J connectivity index is 1.89. The highest BCUT2D eigenvalue weighted by atomic mass is 32.1. The molecule has 1 unspecified atom stereocenters. The van der Waals surface area contributed by atoms with E-state index in [0.717, 1.165) is 17.0 Å². The molecule has 0 radical (unpaired) electrons. The van der Waals surface area contributed by atoms with Crippen molar-refractivity contribution in [2.75, 3.05) is 0 Å². The Morgan fingerprint density at radius 3 is 3.00 bits per heavy atom. The van der Waals surface area contributed by atoms with Gasteiger partial charge in [0.15, 0.2) is 0 Å². The number of carboxylic acids is 1. The van der Waals surface area contributed by atoms with Crippen molar-refractivity contribution in [2.45, 2.75) is 33.0 Å². The Bertz CT molecular complexity index is 548. The molecule has 2 aromatic heterocycles. The molecule has 19 heavy (non-hydrogen) atoms. The third kappa shape index (κ3) is 3.65. The first-order valence-electron chi connectivity index (χ1n) is 6.09. The van der Waals surface area contributed by atoms with Crippen LogP contribution in [0.5, 0.6) is 0 Å². The SMILES string of the molecule is Cc1sc(C(=O)O)cc1CNC(C)Cn1cccn1. The summed E-state index contributed by atoms with van der Waals surface area (Å²) in [6.45, 7) is 5.51. The summed E-state index contributed by atoms with van der Waals surface area (Å²) in [4.78, 5) is 12.3. The molecule has 102 valence electrons. The van der Waals surface area contributed by atoms with Crippen molar-refractivity contribution in [3.63, 3.8) is 0 Å². The second-order valence-corrected chi connectivity index (χ2v) is 5.76. The molecule has 2 N–H and O–H groups in total. The number of aryl methyl sites for hydroxylation is 1. The second kappa shape index (κ2) is 5.99. The van der Waals surface area contributed by atoms with E-state index in [0.29, 0.717) is 11.4 Å². The smallest absolute Gasteiger partial charge is 0.345 e. The molecule has 0 amide bonds. The van der Waals surface area contributed by atoms with Gasteiger partial charge in [-0.3, -0.25) is 4.68 Å². The molecule has 0 aliphatic carbocycles. The van der Waals surface area contributed by atoms with E-state index in [-0.39, 0.29) is 6.04 Å². The molecular weight excluding hydrogens is 262 g/mol. The maximum Gasteiger partial charge on any atom is 0.345 e.